The van der Waals surface area contributed by atoms with Crippen LogP contribution in [0.4, 0.5) is 0 Å². The van der Waals surface area contributed by atoms with Gasteiger partial charge in [-0.25, -0.2) is 0 Å². The van der Waals surface area contributed by atoms with Gasteiger partial charge in [0.05, 0.1) is 0 Å². The molecule has 3 N–H and O–H groups in total. The van der Waals surface area contributed by atoms with Crippen LogP contribution in [-0.4, -0.2) is 6.17 Å². The van der Waals surface area contributed by atoms with Crippen LogP contribution in [0.15, 0.2) is 0 Å². The van der Waals surface area contributed by atoms with Gasteiger partial charge in [-0.15, -0.1) is 0 Å². The Morgan fingerprint density at radius 1 is 1.86 bits per heavy atom. The predicted octanol–water partition coefficient (Wildman–Crippen LogP) is 0.159. The van der Waals surface area contributed by atoms with E-state index in [1.165, 1.54) is 0 Å². The second-order valence-corrected chi connectivity index (χ2v) is 1.51. The summed E-state index contributed by atoms with van der Waals surface area (Å²) < 4.78 is 0. The third-order valence-corrected chi connectivity index (χ3v) is 0.751. The van der Waals surface area contributed by atoms with Crippen molar-refractivity contribution in [2.75, 3.05) is 0 Å². The monoisotopic (exact) mass is 103 g/mol. The Morgan fingerprint density at radius 3 is 2.57 bits per heavy atom. The van der Waals surface area contributed by atoms with E-state index in [1.54, 1.807) is 5.48 Å². The zero-order chi connectivity index (χ0) is 5.70. The van der Waals surface area contributed by atoms with E-state index in [9.17, 15) is 5.21 Å². The first kappa shape index (κ1) is 6.88. The summed E-state index contributed by atoms with van der Waals surface area (Å²) in [5.74, 6) is 0. The van der Waals surface area contributed by atoms with Gasteiger partial charge >= 0.3 is 0 Å². The molecule has 0 aliphatic heterocycles. The van der Waals surface area contributed by atoms with Crippen molar-refractivity contribution in [1.29, 1.82) is 0 Å². The van der Waals surface area contributed by atoms with Gasteiger partial charge in [0, 0.05) is 6.17 Å². The number of hydrogen-bond donors (Lipinski definition) is 2. The molecule has 0 saturated carbocycles. The summed E-state index contributed by atoms with van der Waals surface area (Å²) in [4.78, 5) is 0. The molecule has 44 valence electrons. The minimum absolute atomic E-state index is 0.356. The van der Waals surface area contributed by atoms with Crippen LogP contribution >= 0.6 is 0 Å². The molecular formula is C4H11N2O-. The van der Waals surface area contributed by atoms with Crippen LogP contribution in [0, 0.1) is 5.21 Å². The topological polar surface area (TPSA) is 61.1 Å². The Morgan fingerprint density at radius 2 is 2.43 bits per heavy atom. The minimum atomic E-state index is -0.356. The molecule has 1 atom stereocenters. The highest BCUT2D eigenvalue weighted by Gasteiger charge is 1.88. The van der Waals surface area contributed by atoms with E-state index in [0.29, 0.717) is 0 Å². The summed E-state index contributed by atoms with van der Waals surface area (Å²) in [6, 6.07) is 0. The van der Waals surface area contributed by atoms with Crippen molar-refractivity contribution in [3.8, 4) is 0 Å². The highest BCUT2D eigenvalue weighted by Crippen LogP contribution is 1.86. The first-order chi connectivity index (χ1) is 3.31. The van der Waals surface area contributed by atoms with Crippen LogP contribution in [0.3, 0.4) is 0 Å². The second-order valence-electron chi connectivity index (χ2n) is 1.51. The van der Waals surface area contributed by atoms with E-state index in [4.69, 9.17) is 5.73 Å². The fraction of sp³-hybridized carbons (Fsp3) is 1.00. The molecule has 0 amide bonds. The van der Waals surface area contributed by atoms with Gasteiger partial charge in [0.2, 0.25) is 0 Å². The molecule has 0 fully saturated rings. The second kappa shape index (κ2) is 4.05. The summed E-state index contributed by atoms with van der Waals surface area (Å²) in [7, 11) is 0. The molecule has 0 aromatic carbocycles. The van der Waals surface area contributed by atoms with E-state index in [0.717, 1.165) is 12.8 Å². The molecule has 1 unspecified atom stereocenters. The maximum atomic E-state index is 9.64. The summed E-state index contributed by atoms with van der Waals surface area (Å²) in [6.07, 6.45) is 1.35. The highest BCUT2D eigenvalue weighted by molar-refractivity contribution is 4.55. The van der Waals surface area contributed by atoms with E-state index < -0.39 is 0 Å². The number of hydroxylamine groups is 1. The van der Waals surface area contributed by atoms with Crippen LogP contribution < -0.4 is 11.2 Å². The van der Waals surface area contributed by atoms with Crippen LogP contribution in [0.1, 0.15) is 19.8 Å². The molecule has 0 aliphatic carbocycles. The van der Waals surface area contributed by atoms with Gasteiger partial charge in [0.25, 0.3) is 0 Å². The third kappa shape index (κ3) is 3.72. The lowest BCUT2D eigenvalue weighted by atomic mass is 10.3. The maximum Gasteiger partial charge on any atom is 0.0431 e. The standard InChI is InChI=1S/C4H11N2O/c1-2-3-4(5)6-7/h4,6H,2-3,5H2,1H3/q-1. The van der Waals surface area contributed by atoms with Crippen LogP contribution in [0.2, 0.25) is 0 Å². The largest absolute Gasteiger partial charge is 0.787 e. The zero-order valence-corrected chi connectivity index (χ0v) is 4.48. The molecule has 0 saturated heterocycles. The molecule has 0 aliphatic rings. The van der Waals surface area contributed by atoms with Crippen LogP contribution in [0.5, 0.6) is 0 Å². The Labute approximate surface area is 43.5 Å². The maximum absolute atomic E-state index is 9.64. The van der Waals surface area contributed by atoms with E-state index >= 15 is 0 Å². The lowest BCUT2D eigenvalue weighted by molar-refractivity contribution is 0.556. The van der Waals surface area contributed by atoms with Gasteiger partial charge in [-0.1, -0.05) is 13.3 Å². The normalized spacial score (nSPS) is 14.1. The first-order valence-electron chi connectivity index (χ1n) is 2.44. The minimum Gasteiger partial charge on any atom is -0.787 e. The molecule has 0 bridgehead atoms. The Hall–Kier alpha value is -0.120. The molecule has 3 heteroatoms. The molecule has 3 nitrogen and oxygen atoms in total. The SMILES string of the molecule is CCCC(N)N[O-]. The van der Waals surface area contributed by atoms with Crippen molar-refractivity contribution >= 4 is 0 Å². The van der Waals surface area contributed by atoms with Gasteiger partial charge in [-0.2, -0.15) is 0 Å². The number of nitrogens with two attached hydrogens (primary N) is 1. The Balaban J connectivity index is 2.83. The van der Waals surface area contributed by atoms with Crippen LogP contribution in [0.25, 0.3) is 0 Å². The van der Waals surface area contributed by atoms with Crippen molar-refractivity contribution < 1.29 is 0 Å². The summed E-state index contributed by atoms with van der Waals surface area (Å²) in [5, 5.41) is 9.64. The van der Waals surface area contributed by atoms with Crippen molar-refractivity contribution in [3.63, 3.8) is 0 Å². The summed E-state index contributed by atoms with van der Waals surface area (Å²) in [5.41, 5.74) is 6.85. The molecule has 0 spiro atoms. The van der Waals surface area contributed by atoms with Gasteiger partial charge in [0.1, 0.15) is 0 Å². The Bertz CT molecular complexity index is 40.7. The Kier molecular flexibility index (Phi) is 3.98. The van der Waals surface area contributed by atoms with Gasteiger partial charge in [-0.05, 0) is 6.42 Å². The highest BCUT2D eigenvalue weighted by atomic mass is 16.5. The van der Waals surface area contributed by atoms with Crippen molar-refractivity contribution in [2.45, 2.75) is 25.9 Å². The third-order valence-electron chi connectivity index (χ3n) is 0.751. The zero-order valence-electron chi connectivity index (χ0n) is 4.48. The fourth-order valence-electron chi connectivity index (χ4n) is 0.370. The summed E-state index contributed by atoms with van der Waals surface area (Å²) >= 11 is 0. The first-order valence-corrected chi connectivity index (χ1v) is 2.44. The quantitative estimate of drug-likeness (QED) is 0.395. The smallest absolute Gasteiger partial charge is 0.0431 e. The molecular weight excluding hydrogens is 92.1 g/mol. The van der Waals surface area contributed by atoms with E-state index in [2.05, 4.69) is 0 Å². The molecule has 7 heavy (non-hydrogen) atoms. The van der Waals surface area contributed by atoms with Gasteiger partial charge in [-0.3, -0.25) is 0 Å². The molecule has 0 radical (unpaired) electrons. The van der Waals surface area contributed by atoms with Crippen molar-refractivity contribution in [1.82, 2.24) is 5.48 Å². The van der Waals surface area contributed by atoms with Crippen molar-refractivity contribution in [2.24, 2.45) is 5.73 Å². The van der Waals surface area contributed by atoms with Crippen molar-refractivity contribution in [3.05, 3.63) is 5.21 Å². The number of nitrogens with one attached hydrogen (secondary N) is 1. The molecule has 0 aromatic heterocycles. The number of hydrogen-bond acceptors (Lipinski definition) is 3. The lowest BCUT2D eigenvalue weighted by Crippen LogP contribution is -2.32. The van der Waals surface area contributed by atoms with Crippen LogP contribution in [-0.2, 0) is 0 Å². The van der Waals surface area contributed by atoms with E-state index in [1.807, 2.05) is 6.92 Å². The summed E-state index contributed by atoms with van der Waals surface area (Å²) in [6.45, 7) is 1.98. The van der Waals surface area contributed by atoms with E-state index in [-0.39, 0.29) is 6.17 Å². The molecule has 0 heterocycles. The van der Waals surface area contributed by atoms with Gasteiger partial charge < -0.3 is 16.4 Å². The lowest BCUT2D eigenvalue weighted by Gasteiger charge is -2.15. The number of rotatable bonds is 3. The predicted molar refractivity (Wildman–Crippen MR) is 29.4 cm³/mol. The molecule has 0 aromatic rings. The average Bonchev–Trinajstić information content (AvgIpc) is 1.68. The molecule has 0 rings (SSSR count). The van der Waals surface area contributed by atoms with Gasteiger partial charge in [0.15, 0.2) is 0 Å². The fourth-order valence-corrected chi connectivity index (χ4v) is 0.370. The average molecular weight is 103 g/mol.